The number of carbonyl (C=O) groups is 2. The van der Waals surface area contributed by atoms with E-state index in [1.165, 1.54) is 6.08 Å². The number of carbonyl (C=O) groups excluding carboxylic acids is 2. The summed E-state index contributed by atoms with van der Waals surface area (Å²) in [4.78, 5) is 25.4. The van der Waals surface area contributed by atoms with Crippen molar-refractivity contribution in [2.24, 2.45) is 0 Å². The topological polar surface area (TPSA) is 46.6 Å². The Bertz CT molecular complexity index is 464. The number of allylic oxidation sites excluding steroid dienone is 1. The van der Waals surface area contributed by atoms with Crippen molar-refractivity contribution < 1.29 is 14.3 Å². The zero-order valence-corrected chi connectivity index (χ0v) is 10.8. The van der Waals surface area contributed by atoms with Gasteiger partial charge in [-0.3, -0.25) is 4.79 Å². The molecule has 0 spiro atoms. The van der Waals surface area contributed by atoms with Crippen LogP contribution in [-0.4, -0.2) is 37.4 Å². The molecule has 4 heteroatoms. The fraction of sp³-hybridized carbons (Fsp3) is 0.286. The first-order valence-electron chi connectivity index (χ1n) is 5.71. The Hall–Kier alpha value is -2.10. The van der Waals surface area contributed by atoms with Crippen LogP contribution in [0.5, 0.6) is 0 Å². The predicted molar refractivity (Wildman–Crippen MR) is 69.6 cm³/mol. The van der Waals surface area contributed by atoms with Crippen molar-refractivity contribution in [2.75, 3.05) is 20.7 Å². The van der Waals surface area contributed by atoms with Gasteiger partial charge in [0, 0.05) is 31.9 Å². The smallest absolute Gasteiger partial charge is 0.338 e. The van der Waals surface area contributed by atoms with Crippen LogP contribution in [-0.2, 0) is 4.74 Å². The molecule has 96 valence electrons. The van der Waals surface area contributed by atoms with E-state index in [9.17, 15) is 9.59 Å². The van der Waals surface area contributed by atoms with E-state index in [4.69, 9.17) is 4.74 Å². The van der Waals surface area contributed by atoms with Crippen molar-refractivity contribution >= 4 is 11.8 Å². The average Bonchev–Trinajstić information content (AvgIpc) is 2.36. The quantitative estimate of drug-likeness (QED) is 0.454. The van der Waals surface area contributed by atoms with Crippen LogP contribution < -0.4 is 0 Å². The third kappa shape index (κ3) is 3.73. The van der Waals surface area contributed by atoms with Crippen LogP contribution >= 0.6 is 0 Å². The lowest BCUT2D eigenvalue weighted by molar-refractivity contribution is 0.0523. The molecule has 1 aromatic rings. The van der Waals surface area contributed by atoms with E-state index in [0.717, 1.165) is 0 Å². The molecule has 0 atom stereocenters. The molecule has 0 unspecified atom stereocenters. The Balaban J connectivity index is 3.02. The van der Waals surface area contributed by atoms with Gasteiger partial charge in [0.2, 0.25) is 0 Å². The summed E-state index contributed by atoms with van der Waals surface area (Å²) >= 11 is 0. The molecule has 0 N–H and O–H groups in total. The largest absolute Gasteiger partial charge is 0.462 e. The van der Waals surface area contributed by atoms with Gasteiger partial charge in [-0.2, -0.15) is 0 Å². The summed E-state index contributed by atoms with van der Waals surface area (Å²) in [5, 5.41) is 0. The molecule has 1 aromatic carbocycles. The first-order valence-corrected chi connectivity index (χ1v) is 5.71. The Morgan fingerprint density at radius 2 is 1.83 bits per heavy atom. The molecule has 0 bridgehead atoms. The first kappa shape index (κ1) is 14.0. The van der Waals surface area contributed by atoms with Gasteiger partial charge < -0.3 is 9.64 Å². The van der Waals surface area contributed by atoms with Gasteiger partial charge in [-0.15, -0.1) is 0 Å². The summed E-state index contributed by atoms with van der Waals surface area (Å²) in [6, 6.07) is 6.64. The van der Waals surface area contributed by atoms with Crippen LogP contribution in [0.4, 0.5) is 0 Å². The van der Waals surface area contributed by atoms with E-state index in [-0.39, 0.29) is 12.4 Å². The van der Waals surface area contributed by atoms with Gasteiger partial charge in [-0.25, -0.2) is 4.79 Å². The van der Waals surface area contributed by atoms with E-state index in [1.807, 2.05) is 14.1 Å². The van der Waals surface area contributed by atoms with Crippen LogP contribution in [0.25, 0.3) is 0 Å². The molecule has 0 saturated heterocycles. The minimum Gasteiger partial charge on any atom is -0.462 e. The normalized spacial score (nSPS) is 10.4. The summed E-state index contributed by atoms with van der Waals surface area (Å²) < 4.78 is 4.92. The Kier molecular flexibility index (Phi) is 5.11. The summed E-state index contributed by atoms with van der Waals surface area (Å²) in [5.74, 6) is -0.688. The van der Waals surface area contributed by atoms with Crippen LogP contribution in [0.15, 0.2) is 36.5 Å². The van der Waals surface area contributed by atoms with Crippen molar-refractivity contribution in [3.63, 3.8) is 0 Å². The number of esters is 1. The Morgan fingerprint density at radius 1 is 1.22 bits per heavy atom. The van der Waals surface area contributed by atoms with E-state index in [0.29, 0.717) is 11.1 Å². The number of nitrogens with zero attached hydrogens (tertiary/aromatic N) is 1. The lowest BCUT2D eigenvalue weighted by Crippen LogP contribution is -2.11. The van der Waals surface area contributed by atoms with Gasteiger partial charge in [-0.1, -0.05) is 18.2 Å². The number of benzene rings is 1. The summed E-state index contributed by atoms with van der Waals surface area (Å²) in [6.45, 7) is 2.02. The third-order valence-corrected chi connectivity index (χ3v) is 2.21. The monoisotopic (exact) mass is 247 g/mol. The number of ether oxygens (including phenoxy) is 1. The highest BCUT2D eigenvalue weighted by atomic mass is 16.5. The summed E-state index contributed by atoms with van der Waals surface area (Å²) in [6.07, 6.45) is 3.07. The second-order valence-corrected chi connectivity index (χ2v) is 3.91. The second kappa shape index (κ2) is 6.59. The maximum Gasteiger partial charge on any atom is 0.338 e. The van der Waals surface area contributed by atoms with Gasteiger partial charge in [0.05, 0.1) is 12.2 Å². The van der Waals surface area contributed by atoms with Crippen LogP contribution in [0.2, 0.25) is 0 Å². The molecule has 0 heterocycles. The maximum absolute atomic E-state index is 12.0. The second-order valence-electron chi connectivity index (χ2n) is 3.91. The summed E-state index contributed by atoms with van der Waals surface area (Å²) in [7, 11) is 3.64. The van der Waals surface area contributed by atoms with Crippen LogP contribution in [0.3, 0.4) is 0 Å². The van der Waals surface area contributed by atoms with E-state index in [1.54, 1.807) is 42.3 Å². The van der Waals surface area contributed by atoms with Gasteiger partial charge in [0.1, 0.15) is 0 Å². The highest BCUT2D eigenvalue weighted by Gasteiger charge is 2.15. The fourth-order valence-electron chi connectivity index (χ4n) is 1.39. The predicted octanol–water partition coefficient (Wildman–Crippen LogP) is 2.12. The van der Waals surface area contributed by atoms with Crippen molar-refractivity contribution in [1.82, 2.24) is 4.90 Å². The van der Waals surface area contributed by atoms with Crippen molar-refractivity contribution in [1.29, 1.82) is 0 Å². The van der Waals surface area contributed by atoms with Gasteiger partial charge in [-0.05, 0) is 13.0 Å². The molecule has 1 rings (SSSR count). The minimum atomic E-state index is -0.472. The lowest BCUT2D eigenvalue weighted by atomic mass is 10.0. The van der Waals surface area contributed by atoms with Gasteiger partial charge >= 0.3 is 5.97 Å². The number of hydrogen-bond acceptors (Lipinski definition) is 4. The fourth-order valence-corrected chi connectivity index (χ4v) is 1.39. The number of rotatable bonds is 5. The van der Waals surface area contributed by atoms with E-state index in [2.05, 4.69) is 0 Å². The average molecular weight is 247 g/mol. The molecule has 4 nitrogen and oxygen atoms in total. The molecule has 18 heavy (non-hydrogen) atoms. The first-order chi connectivity index (χ1) is 8.56. The highest BCUT2D eigenvalue weighted by molar-refractivity contribution is 6.11. The van der Waals surface area contributed by atoms with Gasteiger partial charge in [0.25, 0.3) is 0 Å². The summed E-state index contributed by atoms with van der Waals surface area (Å²) in [5.41, 5.74) is 0.654. The van der Waals surface area contributed by atoms with E-state index < -0.39 is 5.97 Å². The molecular formula is C14H17NO3. The van der Waals surface area contributed by atoms with Crippen molar-refractivity contribution in [2.45, 2.75) is 6.92 Å². The third-order valence-electron chi connectivity index (χ3n) is 2.21. The van der Waals surface area contributed by atoms with Crippen LogP contribution in [0.1, 0.15) is 27.6 Å². The molecule has 0 aliphatic carbocycles. The lowest BCUT2D eigenvalue weighted by Gasteiger charge is -2.07. The van der Waals surface area contributed by atoms with Crippen molar-refractivity contribution in [3.8, 4) is 0 Å². The molecule has 0 amide bonds. The standard InChI is InChI=1S/C14H17NO3/c1-4-18-14(17)12-8-6-5-7-11(12)13(16)9-10-15(2)3/h5-10H,4H2,1-3H3/b10-9+. The minimum absolute atomic E-state index is 0.215. The molecule has 0 aliphatic rings. The molecule has 0 aromatic heterocycles. The molecule has 0 saturated carbocycles. The van der Waals surface area contributed by atoms with Crippen molar-refractivity contribution in [3.05, 3.63) is 47.7 Å². The highest BCUT2D eigenvalue weighted by Crippen LogP contribution is 2.12. The number of ketones is 1. The maximum atomic E-state index is 12.0. The van der Waals surface area contributed by atoms with E-state index >= 15 is 0 Å². The molecule has 0 fully saturated rings. The SMILES string of the molecule is CCOC(=O)c1ccccc1C(=O)/C=C/N(C)C. The number of hydrogen-bond donors (Lipinski definition) is 0. The Morgan fingerprint density at radius 3 is 2.39 bits per heavy atom. The zero-order valence-electron chi connectivity index (χ0n) is 10.8. The molecular weight excluding hydrogens is 230 g/mol. The zero-order chi connectivity index (χ0) is 13.5. The Labute approximate surface area is 107 Å². The molecule has 0 radical (unpaired) electrons. The van der Waals surface area contributed by atoms with Gasteiger partial charge in [0.15, 0.2) is 5.78 Å². The van der Waals surface area contributed by atoms with Crippen LogP contribution in [0, 0.1) is 0 Å². The molecule has 0 aliphatic heterocycles.